The lowest BCUT2D eigenvalue weighted by Crippen LogP contribution is -2.12. The summed E-state index contributed by atoms with van der Waals surface area (Å²) in [6.07, 6.45) is 1.68. The van der Waals surface area contributed by atoms with Crippen LogP contribution in [-0.4, -0.2) is 16.0 Å². The van der Waals surface area contributed by atoms with Gasteiger partial charge in [0.1, 0.15) is 17.0 Å². The molecule has 5 nitrogen and oxygen atoms in total. The molecule has 0 unspecified atom stereocenters. The second-order valence-electron chi connectivity index (χ2n) is 6.31. The van der Waals surface area contributed by atoms with Crippen LogP contribution in [-0.2, 0) is 0 Å². The van der Waals surface area contributed by atoms with Crippen LogP contribution in [0.2, 0.25) is 5.02 Å². The van der Waals surface area contributed by atoms with Gasteiger partial charge in [0, 0.05) is 21.7 Å². The van der Waals surface area contributed by atoms with E-state index in [9.17, 15) is 9.90 Å². The molecule has 0 spiro atoms. The predicted octanol–water partition coefficient (Wildman–Crippen LogP) is 7.16. The normalized spacial score (nSPS) is 10.8. The zero-order valence-corrected chi connectivity index (χ0v) is 19.1. The molecule has 2 N–H and O–H groups in total. The van der Waals surface area contributed by atoms with Gasteiger partial charge in [0.05, 0.1) is 15.1 Å². The van der Waals surface area contributed by atoms with E-state index in [0.29, 0.717) is 36.7 Å². The smallest absolute Gasteiger partial charge is 0.259 e. The third-order valence-corrected chi connectivity index (χ3v) is 5.68. The first-order valence-electron chi connectivity index (χ1n) is 8.73. The summed E-state index contributed by atoms with van der Waals surface area (Å²) in [5.41, 5.74) is 1.37. The van der Waals surface area contributed by atoms with Crippen molar-refractivity contribution in [1.82, 2.24) is 4.98 Å². The van der Waals surface area contributed by atoms with Gasteiger partial charge in [-0.15, -0.1) is 0 Å². The highest BCUT2D eigenvalue weighted by Gasteiger charge is 2.15. The van der Waals surface area contributed by atoms with Crippen molar-refractivity contribution in [3.63, 3.8) is 0 Å². The highest BCUT2D eigenvalue weighted by molar-refractivity contribution is 9.11. The first-order valence-corrected chi connectivity index (χ1v) is 10.7. The molecule has 1 aromatic heterocycles. The van der Waals surface area contributed by atoms with Crippen molar-refractivity contribution in [3.8, 4) is 17.2 Å². The molecule has 150 valence electrons. The van der Waals surface area contributed by atoms with Crippen molar-refractivity contribution in [2.45, 2.75) is 0 Å². The summed E-state index contributed by atoms with van der Waals surface area (Å²) < 4.78 is 7.05. The summed E-state index contributed by atoms with van der Waals surface area (Å²) in [6.45, 7) is 0. The number of amides is 1. The second-order valence-corrected chi connectivity index (χ2v) is 8.49. The molecule has 0 bridgehead atoms. The van der Waals surface area contributed by atoms with E-state index in [1.165, 1.54) is 0 Å². The first-order chi connectivity index (χ1) is 14.4. The van der Waals surface area contributed by atoms with Gasteiger partial charge in [-0.3, -0.25) is 9.78 Å². The van der Waals surface area contributed by atoms with Crippen molar-refractivity contribution in [1.29, 1.82) is 0 Å². The van der Waals surface area contributed by atoms with Gasteiger partial charge in [-0.25, -0.2) is 0 Å². The van der Waals surface area contributed by atoms with Crippen LogP contribution in [0.1, 0.15) is 10.4 Å². The zero-order valence-electron chi connectivity index (χ0n) is 15.2. The average Bonchev–Trinajstić information content (AvgIpc) is 2.74. The average molecular weight is 549 g/mol. The van der Waals surface area contributed by atoms with Gasteiger partial charge in [-0.2, -0.15) is 0 Å². The number of aromatic hydroxyl groups is 1. The van der Waals surface area contributed by atoms with E-state index in [0.717, 1.165) is 5.39 Å². The minimum absolute atomic E-state index is 0.127. The fourth-order valence-corrected chi connectivity index (χ4v) is 4.31. The summed E-state index contributed by atoms with van der Waals surface area (Å²) in [5, 5.41) is 14.3. The molecule has 8 heteroatoms. The van der Waals surface area contributed by atoms with Crippen LogP contribution in [0, 0.1) is 0 Å². The number of phenolic OH excluding ortho intramolecular Hbond substituents is 1. The molecule has 0 radical (unpaired) electrons. The fourth-order valence-electron chi connectivity index (χ4n) is 2.87. The molecule has 3 aromatic carbocycles. The molecule has 0 saturated heterocycles. The molecule has 0 saturated carbocycles. The molecule has 0 aliphatic heterocycles. The van der Waals surface area contributed by atoms with Crippen LogP contribution >= 0.6 is 43.5 Å². The summed E-state index contributed by atoms with van der Waals surface area (Å²) in [6, 6.07) is 17.3. The number of hydrogen-bond acceptors (Lipinski definition) is 4. The number of pyridine rings is 1. The Morgan fingerprint density at radius 1 is 1.07 bits per heavy atom. The number of halogens is 3. The van der Waals surface area contributed by atoms with Gasteiger partial charge in [-0.1, -0.05) is 27.5 Å². The number of anilines is 1. The van der Waals surface area contributed by atoms with Gasteiger partial charge in [0.15, 0.2) is 5.75 Å². The van der Waals surface area contributed by atoms with Crippen LogP contribution < -0.4 is 10.1 Å². The molecule has 4 rings (SSSR count). The highest BCUT2D eigenvalue weighted by atomic mass is 79.9. The highest BCUT2D eigenvalue weighted by Crippen LogP contribution is 2.34. The van der Waals surface area contributed by atoms with Gasteiger partial charge in [0.25, 0.3) is 5.91 Å². The van der Waals surface area contributed by atoms with E-state index in [4.69, 9.17) is 16.3 Å². The Hall–Kier alpha value is -2.61. The number of phenols is 1. The van der Waals surface area contributed by atoms with E-state index in [1.807, 2.05) is 12.1 Å². The van der Waals surface area contributed by atoms with E-state index >= 15 is 0 Å². The lowest BCUT2D eigenvalue weighted by molar-refractivity contribution is 0.102. The number of nitrogens with one attached hydrogen (secondary N) is 1. The van der Waals surface area contributed by atoms with Crippen LogP contribution in [0.5, 0.6) is 17.2 Å². The third kappa shape index (κ3) is 4.28. The number of rotatable bonds is 4. The summed E-state index contributed by atoms with van der Waals surface area (Å²) in [7, 11) is 0. The van der Waals surface area contributed by atoms with Crippen molar-refractivity contribution < 1.29 is 14.6 Å². The molecule has 1 amide bonds. The number of aromatic nitrogens is 1. The monoisotopic (exact) mass is 546 g/mol. The van der Waals surface area contributed by atoms with Crippen LogP contribution in [0.25, 0.3) is 10.9 Å². The van der Waals surface area contributed by atoms with Crippen LogP contribution in [0.4, 0.5) is 5.69 Å². The van der Waals surface area contributed by atoms with Crippen LogP contribution in [0.3, 0.4) is 0 Å². The maximum Gasteiger partial charge on any atom is 0.259 e. The number of ether oxygens (including phenoxy) is 1. The van der Waals surface area contributed by atoms with E-state index < -0.39 is 5.91 Å². The number of fused-ring (bicyclic) bond motifs is 1. The van der Waals surface area contributed by atoms with Gasteiger partial charge < -0.3 is 15.2 Å². The number of nitrogens with zero attached hydrogens (tertiary/aromatic N) is 1. The minimum atomic E-state index is -0.434. The summed E-state index contributed by atoms with van der Waals surface area (Å²) in [5.74, 6) is 0.597. The number of carbonyl (C=O) groups is 1. The molecule has 0 aliphatic carbocycles. The quantitative estimate of drug-likeness (QED) is 0.284. The maximum atomic E-state index is 12.5. The summed E-state index contributed by atoms with van der Waals surface area (Å²) >= 11 is 12.8. The van der Waals surface area contributed by atoms with E-state index in [1.54, 1.807) is 54.7 Å². The van der Waals surface area contributed by atoms with Crippen molar-refractivity contribution in [2.24, 2.45) is 0 Å². The summed E-state index contributed by atoms with van der Waals surface area (Å²) in [4.78, 5) is 16.9. The Labute approximate surface area is 193 Å². The molecule has 0 atom stereocenters. The number of benzene rings is 3. The molecule has 0 aliphatic rings. The van der Waals surface area contributed by atoms with Crippen LogP contribution in [0.15, 0.2) is 75.8 Å². The maximum absolute atomic E-state index is 12.5. The first kappa shape index (κ1) is 20.7. The molecule has 30 heavy (non-hydrogen) atoms. The van der Waals surface area contributed by atoms with E-state index in [2.05, 4.69) is 42.2 Å². The Bertz CT molecular complexity index is 1260. The van der Waals surface area contributed by atoms with Crippen molar-refractivity contribution >= 4 is 66.0 Å². The van der Waals surface area contributed by atoms with Crippen molar-refractivity contribution in [2.75, 3.05) is 5.32 Å². The lowest BCUT2D eigenvalue weighted by Gasteiger charge is -2.11. The minimum Gasteiger partial charge on any atom is -0.506 e. The molecule has 4 aromatic rings. The third-order valence-electron chi connectivity index (χ3n) is 4.29. The lowest BCUT2D eigenvalue weighted by atomic mass is 10.2. The molecular formula is C22H13Br2ClN2O3. The van der Waals surface area contributed by atoms with Crippen molar-refractivity contribution in [3.05, 3.63) is 86.4 Å². The molecule has 1 heterocycles. The van der Waals surface area contributed by atoms with Gasteiger partial charge in [-0.05, 0) is 76.6 Å². The number of hydrogen-bond donors (Lipinski definition) is 2. The predicted molar refractivity (Wildman–Crippen MR) is 125 cm³/mol. The Morgan fingerprint density at radius 2 is 1.83 bits per heavy atom. The van der Waals surface area contributed by atoms with Gasteiger partial charge >= 0.3 is 0 Å². The molecular weight excluding hydrogens is 536 g/mol. The topological polar surface area (TPSA) is 71.5 Å². The Kier molecular flexibility index (Phi) is 5.94. The standard InChI is InChI=1S/C22H13Br2ClN2O3/c23-12-10-16(21(28)17(24)11-12)22(29)27-13-3-5-14(6-4-13)30-19-8-7-18(25)15-2-1-9-26-20(15)19/h1-11,28H,(H,27,29). The molecule has 0 fully saturated rings. The van der Waals surface area contributed by atoms with E-state index in [-0.39, 0.29) is 11.3 Å². The number of carbonyl (C=O) groups excluding carboxylic acids is 1. The second kappa shape index (κ2) is 8.63. The Balaban J connectivity index is 1.53. The van der Waals surface area contributed by atoms with Gasteiger partial charge in [0.2, 0.25) is 0 Å². The fraction of sp³-hybridized carbons (Fsp3) is 0. The Morgan fingerprint density at radius 3 is 2.60 bits per heavy atom. The largest absolute Gasteiger partial charge is 0.506 e. The zero-order chi connectivity index (χ0) is 21.3. The SMILES string of the molecule is O=C(Nc1ccc(Oc2ccc(Cl)c3cccnc23)cc1)c1cc(Br)cc(Br)c1O.